The summed E-state index contributed by atoms with van der Waals surface area (Å²) in [4.78, 5) is 25.4. The molecule has 2 N–H and O–H groups in total. The monoisotopic (exact) mass is 702 g/mol. The van der Waals surface area contributed by atoms with Gasteiger partial charge in [-0.25, -0.2) is 36.9 Å². The number of nitrogens with one attached hydrogen (secondary N) is 2. The zero-order valence-corrected chi connectivity index (χ0v) is 28.2. The van der Waals surface area contributed by atoms with Crippen molar-refractivity contribution in [1.29, 1.82) is 0 Å². The summed E-state index contributed by atoms with van der Waals surface area (Å²) in [5.41, 5.74) is 0.429. The topological polar surface area (TPSA) is 136 Å². The maximum Gasteiger partial charge on any atom is 0.407 e. The van der Waals surface area contributed by atoms with Gasteiger partial charge in [0.15, 0.2) is 11.6 Å². The molecule has 11 nitrogen and oxygen atoms in total. The van der Waals surface area contributed by atoms with Gasteiger partial charge in [0.1, 0.15) is 5.60 Å². The van der Waals surface area contributed by atoms with E-state index in [1.54, 1.807) is 36.5 Å². The van der Waals surface area contributed by atoms with Crippen LogP contribution >= 0.6 is 23.2 Å². The van der Waals surface area contributed by atoms with E-state index in [1.807, 2.05) is 20.8 Å². The molecule has 4 aromatic rings. The number of hydrogen-bond donors (Lipinski definition) is 3. The fourth-order valence-corrected chi connectivity index (χ4v) is 6.27. The minimum absolute atomic E-state index is 0.0220. The van der Waals surface area contributed by atoms with Crippen LogP contribution in [0.25, 0.3) is 11.3 Å². The predicted octanol–water partition coefficient (Wildman–Crippen LogP) is 7.69. The van der Waals surface area contributed by atoms with E-state index in [4.69, 9.17) is 32.7 Å². The second-order valence-corrected chi connectivity index (χ2v) is 13.5. The Bertz CT molecular complexity index is 1800. The Kier molecular flexibility index (Phi) is 10.7. The van der Waals surface area contributed by atoms with Crippen LogP contribution < -0.4 is 19.7 Å². The number of nitrogens with zero attached hydrogens (tertiary/aromatic N) is 4. The second kappa shape index (κ2) is 14.7. The molecule has 1 aliphatic rings. The summed E-state index contributed by atoms with van der Waals surface area (Å²) in [6.45, 7) is 5.48. The van der Waals surface area contributed by atoms with Gasteiger partial charge in [-0.2, -0.15) is 0 Å². The second-order valence-electron chi connectivity index (χ2n) is 11.8. The highest BCUT2D eigenvalue weighted by molar-refractivity contribution is 7.74. The smallest absolute Gasteiger partial charge is 0.407 e. The van der Waals surface area contributed by atoms with Crippen molar-refractivity contribution < 1.29 is 27.1 Å². The van der Waals surface area contributed by atoms with Gasteiger partial charge in [0, 0.05) is 30.5 Å². The Hall–Kier alpha value is -4.20. The van der Waals surface area contributed by atoms with Crippen molar-refractivity contribution in [2.45, 2.75) is 64.1 Å². The number of pyridine rings is 1. The Balaban J connectivity index is 1.30. The van der Waals surface area contributed by atoms with Crippen LogP contribution in [-0.2, 0) is 15.6 Å². The number of rotatable bonds is 9. The van der Waals surface area contributed by atoms with Crippen molar-refractivity contribution in [1.82, 2.24) is 20.3 Å². The number of hydrogen-bond acceptors (Lipinski definition) is 9. The molecule has 1 fully saturated rings. The molecule has 1 aliphatic carbocycles. The van der Waals surface area contributed by atoms with Crippen LogP contribution in [0, 0.1) is 5.82 Å². The molecule has 2 aromatic heterocycles. The molecule has 0 atom stereocenters. The number of carbonyl (C=O) groups is 1. The van der Waals surface area contributed by atoms with Gasteiger partial charge in [0.2, 0.25) is 22.7 Å². The summed E-state index contributed by atoms with van der Waals surface area (Å²) in [7, 11) is -3.24. The Morgan fingerprint density at radius 3 is 2.36 bits per heavy atom. The van der Waals surface area contributed by atoms with Gasteiger partial charge in [-0.05, 0) is 82.9 Å². The van der Waals surface area contributed by atoms with Crippen molar-refractivity contribution in [3.63, 3.8) is 0 Å². The van der Waals surface area contributed by atoms with E-state index in [1.165, 1.54) is 24.4 Å². The molecule has 0 aliphatic heterocycles. The third-order valence-corrected chi connectivity index (χ3v) is 8.53. The van der Waals surface area contributed by atoms with Crippen LogP contribution in [0.5, 0.6) is 11.6 Å². The summed E-state index contributed by atoms with van der Waals surface area (Å²) in [6, 6.07) is 13.7. The first-order chi connectivity index (χ1) is 22.4. The summed E-state index contributed by atoms with van der Waals surface area (Å²) >= 11 is 12.7. The van der Waals surface area contributed by atoms with Crippen LogP contribution in [0.2, 0.25) is 10.0 Å². The molecular formula is C32H33Cl2FN6O5S. The van der Waals surface area contributed by atoms with E-state index in [2.05, 4.69) is 25.6 Å². The summed E-state index contributed by atoms with van der Waals surface area (Å²) in [5.74, 6) is -0.849. The van der Waals surface area contributed by atoms with Gasteiger partial charge in [0.05, 0.1) is 32.7 Å². The molecule has 1 saturated carbocycles. The standard InChI is InChI=1S/C32H33Cl2FN6O5S/c1-32(2,3)46-31(42)39-20-12-10-19(11-13-20)38-30-37-16-14-26(40-30)22-7-6-15-36-29(22)45-28-24(34)17-21(18-25(28)35)41(47(43)44)27-9-5-4-8-23(27)33/h4-9,14-20,47H,10-13H2,1-3H3,(H,39,42)(H,37,38,40). The summed E-state index contributed by atoms with van der Waals surface area (Å²) in [6.07, 6.45) is 5.76. The fraction of sp³-hybridized carbons (Fsp3) is 0.312. The van der Waals surface area contributed by atoms with E-state index >= 15 is 4.39 Å². The van der Waals surface area contributed by atoms with Gasteiger partial charge >= 0.3 is 6.09 Å². The first-order valence-corrected chi connectivity index (χ1v) is 16.7. The van der Waals surface area contributed by atoms with Gasteiger partial charge < -0.3 is 20.1 Å². The van der Waals surface area contributed by atoms with E-state index in [0.717, 1.165) is 36.1 Å². The predicted molar refractivity (Wildman–Crippen MR) is 180 cm³/mol. The quantitative estimate of drug-likeness (QED) is 0.150. The van der Waals surface area contributed by atoms with Crippen LogP contribution in [0.4, 0.5) is 26.5 Å². The Labute approximate surface area is 283 Å². The third kappa shape index (κ3) is 8.79. The van der Waals surface area contributed by atoms with Crippen molar-refractivity contribution in [2.75, 3.05) is 9.62 Å². The number of anilines is 3. The molecule has 0 radical (unpaired) electrons. The average molecular weight is 704 g/mol. The molecule has 15 heteroatoms. The SMILES string of the molecule is CC(C)(C)OC(=O)NC1CCC(Nc2nccc(-c3cccnc3Oc3c(F)cc(N(c4ccccc4Cl)[SH](=O)=O)cc3Cl)n2)CC1. The molecule has 0 bridgehead atoms. The molecule has 0 spiro atoms. The molecule has 0 saturated heterocycles. The average Bonchev–Trinajstić information content (AvgIpc) is 3.00. The minimum Gasteiger partial charge on any atom is -0.444 e. The number of ether oxygens (including phenoxy) is 2. The molecule has 0 unspecified atom stereocenters. The van der Waals surface area contributed by atoms with Crippen LogP contribution in [-0.4, -0.2) is 47.1 Å². The molecule has 248 valence electrons. The Morgan fingerprint density at radius 2 is 1.68 bits per heavy atom. The summed E-state index contributed by atoms with van der Waals surface area (Å²) in [5, 5.41) is 6.27. The number of amides is 1. The highest BCUT2D eigenvalue weighted by atomic mass is 35.5. The van der Waals surface area contributed by atoms with Crippen molar-refractivity contribution in [3.8, 4) is 22.9 Å². The van der Waals surface area contributed by atoms with Crippen LogP contribution in [0.3, 0.4) is 0 Å². The highest BCUT2D eigenvalue weighted by Crippen LogP contribution is 2.40. The van der Waals surface area contributed by atoms with Gasteiger partial charge in [0.25, 0.3) is 0 Å². The maximum absolute atomic E-state index is 15.5. The normalized spacial score (nSPS) is 16.4. The lowest BCUT2D eigenvalue weighted by atomic mass is 9.91. The lowest BCUT2D eigenvalue weighted by Gasteiger charge is -2.30. The van der Waals surface area contributed by atoms with Crippen molar-refractivity contribution in [2.24, 2.45) is 0 Å². The highest BCUT2D eigenvalue weighted by Gasteiger charge is 2.26. The molecule has 47 heavy (non-hydrogen) atoms. The van der Waals surface area contributed by atoms with Gasteiger partial charge in [-0.3, -0.25) is 0 Å². The number of carbonyl (C=O) groups excluding carboxylic acids is 1. The van der Waals surface area contributed by atoms with Gasteiger partial charge in [-0.1, -0.05) is 35.3 Å². The maximum atomic E-state index is 15.5. The fourth-order valence-electron chi connectivity index (χ4n) is 5.09. The minimum atomic E-state index is -3.24. The van der Waals surface area contributed by atoms with Crippen molar-refractivity contribution in [3.05, 3.63) is 82.9 Å². The first kappa shape index (κ1) is 34.1. The largest absolute Gasteiger partial charge is 0.444 e. The Morgan fingerprint density at radius 1 is 0.957 bits per heavy atom. The number of para-hydroxylation sites is 1. The third-order valence-electron chi connectivity index (χ3n) is 7.15. The van der Waals surface area contributed by atoms with Crippen LogP contribution in [0.15, 0.2) is 67.0 Å². The summed E-state index contributed by atoms with van der Waals surface area (Å²) < 4.78 is 51.9. The van der Waals surface area contributed by atoms with Crippen LogP contribution in [0.1, 0.15) is 46.5 Å². The van der Waals surface area contributed by atoms with E-state index in [-0.39, 0.29) is 45.1 Å². The molecule has 2 aromatic carbocycles. The molecular weight excluding hydrogens is 670 g/mol. The number of benzene rings is 2. The lowest BCUT2D eigenvalue weighted by Crippen LogP contribution is -2.42. The number of alkyl carbamates (subject to hydrolysis) is 1. The zero-order chi connectivity index (χ0) is 33.7. The number of halogens is 3. The molecule has 2 heterocycles. The molecule has 1 amide bonds. The number of thiol groups is 1. The van der Waals surface area contributed by atoms with E-state index < -0.39 is 28.4 Å². The van der Waals surface area contributed by atoms with Crippen molar-refractivity contribution >= 4 is 57.5 Å². The number of aromatic nitrogens is 3. The zero-order valence-electron chi connectivity index (χ0n) is 25.7. The van der Waals surface area contributed by atoms with E-state index in [9.17, 15) is 13.2 Å². The lowest BCUT2D eigenvalue weighted by molar-refractivity contribution is 0.0492. The van der Waals surface area contributed by atoms with Gasteiger partial charge in [-0.15, -0.1) is 0 Å². The first-order valence-electron chi connectivity index (χ1n) is 14.8. The molecule has 5 rings (SSSR count). The van der Waals surface area contributed by atoms with E-state index in [0.29, 0.717) is 17.2 Å².